The van der Waals surface area contributed by atoms with Crippen molar-refractivity contribution in [2.75, 3.05) is 39.9 Å². The Morgan fingerprint density at radius 2 is 1.91 bits per heavy atom. The summed E-state index contributed by atoms with van der Waals surface area (Å²) in [7, 11) is 1.70. The molecule has 5 heteroatoms. The summed E-state index contributed by atoms with van der Waals surface area (Å²) in [6.45, 7) is 7.71. The molecule has 23 heavy (non-hydrogen) atoms. The number of nitrogens with zero attached hydrogens (tertiary/aromatic N) is 1. The highest BCUT2D eigenvalue weighted by Crippen LogP contribution is 2.14. The molecule has 2 rings (SSSR count). The Balaban J connectivity index is 1.80. The Morgan fingerprint density at radius 1 is 1.26 bits per heavy atom. The number of hydrogen-bond acceptors (Lipinski definition) is 5. The second-order valence-electron chi connectivity index (χ2n) is 6.46. The van der Waals surface area contributed by atoms with E-state index in [-0.39, 0.29) is 18.2 Å². The van der Waals surface area contributed by atoms with Gasteiger partial charge in [-0.2, -0.15) is 0 Å². The Morgan fingerprint density at radius 3 is 2.52 bits per heavy atom. The van der Waals surface area contributed by atoms with Crippen LogP contribution < -0.4 is 5.32 Å². The number of nitrogens with one attached hydrogen (secondary N) is 1. The van der Waals surface area contributed by atoms with Crippen molar-refractivity contribution in [3.8, 4) is 0 Å². The summed E-state index contributed by atoms with van der Waals surface area (Å²) >= 11 is 0. The summed E-state index contributed by atoms with van der Waals surface area (Å²) in [5, 5.41) is 13.8. The van der Waals surface area contributed by atoms with Crippen molar-refractivity contribution in [2.45, 2.75) is 38.2 Å². The summed E-state index contributed by atoms with van der Waals surface area (Å²) in [5.74, 6) is 0. The average molecular weight is 322 g/mol. The fraction of sp³-hybridized carbons (Fsp3) is 0.667. The number of ether oxygens (including phenoxy) is 2. The normalized spacial score (nSPS) is 25.2. The van der Waals surface area contributed by atoms with Crippen LogP contribution >= 0.6 is 0 Å². The molecule has 0 spiro atoms. The van der Waals surface area contributed by atoms with Gasteiger partial charge in [0.25, 0.3) is 0 Å². The number of aliphatic hydroxyl groups is 1. The molecular formula is C18H30N2O3. The maximum absolute atomic E-state index is 10.4. The number of hydrogen-bond donors (Lipinski definition) is 2. The van der Waals surface area contributed by atoms with Gasteiger partial charge in [0, 0.05) is 33.3 Å². The smallest absolute Gasteiger partial charge is 0.0791 e. The molecule has 130 valence electrons. The quantitative estimate of drug-likeness (QED) is 0.758. The van der Waals surface area contributed by atoms with E-state index in [0.29, 0.717) is 19.7 Å². The summed E-state index contributed by atoms with van der Waals surface area (Å²) in [5.41, 5.74) is 1.18. The van der Waals surface area contributed by atoms with Crippen LogP contribution in [0.25, 0.3) is 0 Å². The topological polar surface area (TPSA) is 54.0 Å². The molecule has 4 atom stereocenters. The minimum absolute atomic E-state index is 0.0957. The van der Waals surface area contributed by atoms with Crippen molar-refractivity contribution >= 4 is 0 Å². The van der Waals surface area contributed by atoms with Crippen molar-refractivity contribution in [1.82, 2.24) is 10.2 Å². The molecule has 1 aromatic rings. The van der Waals surface area contributed by atoms with Gasteiger partial charge in [-0.3, -0.25) is 4.90 Å². The van der Waals surface area contributed by atoms with E-state index < -0.39 is 6.10 Å². The van der Waals surface area contributed by atoms with Crippen LogP contribution in [0.1, 0.15) is 25.5 Å². The summed E-state index contributed by atoms with van der Waals surface area (Å²) in [6.07, 6.45) is 0.0458. The zero-order chi connectivity index (χ0) is 16.7. The first-order chi connectivity index (χ1) is 11.1. The van der Waals surface area contributed by atoms with Gasteiger partial charge < -0.3 is 19.9 Å². The molecule has 2 N–H and O–H groups in total. The third-order valence-corrected chi connectivity index (χ3v) is 4.10. The highest BCUT2D eigenvalue weighted by molar-refractivity contribution is 5.18. The van der Waals surface area contributed by atoms with Gasteiger partial charge in [0.1, 0.15) is 0 Å². The lowest BCUT2D eigenvalue weighted by molar-refractivity contribution is -0.0763. The molecule has 0 bridgehead atoms. The molecule has 4 unspecified atom stereocenters. The van der Waals surface area contributed by atoms with Gasteiger partial charge in [0.05, 0.1) is 31.0 Å². The molecule has 1 heterocycles. The highest BCUT2D eigenvalue weighted by Gasteiger charge is 2.24. The van der Waals surface area contributed by atoms with Crippen LogP contribution in [0.15, 0.2) is 30.3 Å². The van der Waals surface area contributed by atoms with Crippen molar-refractivity contribution in [2.24, 2.45) is 0 Å². The second-order valence-corrected chi connectivity index (χ2v) is 6.46. The number of morpholine rings is 1. The van der Waals surface area contributed by atoms with Gasteiger partial charge in [-0.15, -0.1) is 0 Å². The molecule has 1 fully saturated rings. The van der Waals surface area contributed by atoms with Crippen molar-refractivity contribution in [3.63, 3.8) is 0 Å². The van der Waals surface area contributed by atoms with Crippen LogP contribution in [0, 0.1) is 0 Å². The van der Waals surface area contributed by atoms with Crippen LogP contribution in [0.4, 0.5) is 0 Å². The second kappa shape index (κ2) is 9.35. The first-order valence-corrected chi connectivity index (χ1v) is 8.41. The highest BCUT2D eigenvalue weighted by atomic mass is 16.5. The molecule has 5 nitrogen and oxygen atoms in total. The molecule has 0 amide bonds. The van der Waals surface area contributed by atoms with Crippen LogP contribution in [-0.2, 0) is 9.47 Å². The van der Waals surface area contributed by atoms with Crippen molar-refractivity contribution in [1.29, 1.82) is 0 Å². The van der Waals surface area contributed by atoms with Gasteiger partial charge in [-0.05, 0) is 19.4 Å². The van der Waals surface area contributed by atoms with Gasteiger partial charge in [-0.1, -0.05) is 30.3 Å². The van der Waals surface area contributed by atoms with E-state index in [9.17, 15) is 5.11 Å². The first kappa shape index (κ1) is 18.4. The third-order valence-electron chi connectivity index (χ3n) is 4.10. The van der Waals surface area contributed by atoms with E-state index in [1.807, 2.05) is 18.2 Å². The molecule has 1 aliphatic heterocycles. The van der Waals surface area contributed by atoms with Crippen LogP contribution in [0.2, 0.25) is 0 Å². The predicted molar refractivity (Wildman–Crippen MR) is 91.5 cm³/mol. The van der Waals surface area contributed by atoms with Gasteiger partial charge >= 0.3 is 0 Å². The average Bonchev–Trinajstić information content (AvgIpc) is 2.51. The lowest BCUT2D eigenvalue weighted by atomic mass is 10.1. The predicted octanol–water partition coefficient (Wildman–Crippen LogP) is 1.43. The summed E-state index contributed by atoms with van der Waals surface area (Å²) < 4.78 is 11.0. The number of methoxy groups -OCH3 is 1. The van der Waals surface area contributed by atoms with E-state index >= 15 is 0 Å². The number of β-amino-alcohol motifs (C(OH)–C–C–N with tert-alkyl or cyclic N) is 1. The van der Waals surface area contributed by atoms with Gasteiger partial charge in [0.15, 0.2) is 0 Å². The van der Waals surface area contributed by atoms with Crippen LogP contribution in [0.3, 0.4) is 0 Å². The molecule has 1 saturated heterocycles. The largest absolute Gasteiger partial charge is 0.390 e. The Hall–Kier alpha value is -0.980. The minimum atomic E-state index is -0.407. The number of benzene rings is 1. The van der Waals surface area contributed by atoms with E-state index in [1.165, 1.54) is 5.56 Å². The Kier molecular flexibility index (Phi) is 7.46. The van der Waals surface area contributed by atoms with E-state index in [4.69, 9.17) is 9.47 Å². The van der Waals surface area contributed by atoms with Crippen molar-refractivity contribution < 1.29 is 14.6 Å². The monoisotopic (exact) mass is 322 g/mol. The van der Waals surface area contributed by atoms with E-state index in [0.717, 1.165) is 13.1 Å². The minimum Gasteiger partial charge on any atom is -0.390 e. The maximum atomic E-state index is 10.4. The fourth-order valence-corrected chi connectivity index (χ4v) is 3.20. The van der Waals surface area contributed by atoms with Crippen molar-refractivity contribution in [3.05, 3.63) is 35.9 Å². The third kappa shape index (κ3) is 6.20. The summed E-state index contributed by atoms with van der Waals surface area (Å²) in [4.78, 5) is 2.28. The standard InChI is InChI=1S/C18H30N2O3/c1-14-10-20(11-15(2)23-14)12-17(21)9-19-18(13-22-3)16-7-5-4-6-8-16/h4-8,14-15,17-19,21H,9-13H2,1-3H3. The van der Waals surface area contributed by atoms with Crippen LogP contribution in [-0.4, -0.2) is 68.2 Å². The van der Waals surface area contributed by atoms with Gasteiger partial charge in [-0.25, -0.2) is 0 Å². The Bertz CT molecular complexity index is 433. The molecule has 1 aliphatic rings. The first-order valence-electron chi connectivity index (χ1n) is 8.41. The number of rotatable bonds is 8. The lowest BCUT2D eigenvalue weighted by Crippen LogP contribution is -2.49. The molecule has 1 aromatic carbocycles. The molecule has 0 radical (unpaired) electrons. The zero-order valence-electron chi connectivity index (χ0n) is 14.4. The molecule has 0 aromatic heterocycles. The van der Waals surface area contributed by atoms with E-state index in [2.05, 4.69) is 36.2 Å². The molecular weight excluding hydrogens is 292 g/mol. The van der Waals surface area contributed by atoms with Crippen LogP contribution in [0.5, 0.6) is 0 Å². The molecule has 0 saturated carbocycles. The summed E-state index contributed by atoms with van der Waals surface area (Å²) in [6, 6.07) is 10.3. The molecule has 0 aliphatic carbocycles. The number of aliphatic hydroxyl groups excluding tert-OH is 1. The zero-order valence-corrected chi connectivity index (χ0v) is 14.4. The lowest BCUT2D eigenvalue weighted by Gasteiger charge is -2.36. The Labute approximate surface area is 139 Å². The maximum Gasteiger partial charge on any atom is 0.0791 e. The van der Waals surface area contributed by atoms with Gasteiger partial charge in [0.2, 0.25) is 0 Å². The van der Waals surface area contributed by atoms with E-state index in [1.54, 1.807) is 7.11 Å². The SMILES string of the molecule is COCC(NCC(O)CN1CC(C)OC(C)C1)c1ccccc1. The fourth-order valence-electron chi connectivity index (χ4n) is 3.20.